The summed E-state index contributed by atoms with van der Waals surface area (Å²) in [7, 11) is 0. The van der Waals surface area contributed by atoms with Crippen LogP contribution in [0.3, 0.4) is 0 Å². The lowest BCUT2D eigenvalue weighted by Crippen LogP contribution is -2.37. The molecule has 0 radical (unpaired) electrons. The zero-order chi connectivity index (χ0) is 50.3. The number of aliphatic hydroxyl groups excluding tert-OH is 2. The van der Waals surface area contributed by atoms with Crippen LogP contribution < -0.4 is 0 Å². The van der Waals surface area contributed by atoms with E-state index in [1.807, 2.05) is 67.6 Å². The fourth-order valence-corrected chi connectivity index (χ4v) is 11.4. The first kappa shape index (κ1) is 44.9. The molecule has 71 heavy (non-hydrogen) atoms. The van der Waals surface area contributed by atoms with Gasteiger partial charge in [-0.05, 0) is 113 Å². The molecule has 0 bridgehead atoms. The van der Waals surface area contributed by atoms with Crippen molar-refractivity contribution in [2.75, 3.05) is 0 Å². The molecule has 2 aliphatic carbocycles. The Balaban J connectivity index is 1.20. The van der Waals surface area contributed by atoms with Crippen LogP contribution in [0.5, 0.6) is 46.0 Å². The van der Waals surface area contributed by atoms with Gasteiger partial charge in [-0.2, -0.15) is 0 Å². The molecule has 0 spiro atoms. The molecule has 0 saturated heterocycles. The molecule has 0 amide bonds. The van der Waals surface area contributed by atoms with Crippen molar-refractivity contribution < 1.29 is 56.2 Å². The third-order valence-corrected chi connectivity index (χ3v) is 14.9. The van der Waals surface area contributed by atoms with E-state index >= 15 is 0 Å². The number of allylic oxidation sites excluding steroid dienone is 1. The Morgan fingerprint density at radius 2 is 1.03 bits per heavy atom. The maximum atomic E-state index is 13.1. The summed E-state index contributed by atoms with van der Waals surface area (Å²) < 4.78 is 0. The van der Waals surface area contributed by atoms with Gasteiger partial charge in [0.15, 0.2) is 28.8 Å². The predicted octanol–water partition coefficient (Wildman–Crippen LogP) is 13.2. The zero-order valence-electron chi connectivity index (χ0n) is 39.3. The smallest absolute Gasteiger partial charge is 0.208 e. The molecular formula is C60H50O11. The molecule has 2 aliphatic rings. The summed E-state index contributed by atoms with van der Waals surface area (Å²) in [6.45, 7) is 9.55. The van der Waals surface area contributed by atoms with E-state index in [9.17, 15) is 56.2 Å². The van der Waals surface area contributed by atoms with Crippen molar-refractivity contribution in [1.82, 2.24) is 0 Å². The fraction of sp³-hybridized carbons (Fsp3) is 0.167. The van der Waals surface area contributed by atoms with Gasteiger partial charge in [-0.3, -0.25) is 0 Å². The second-order valence-electron chi connectivity index (χ2n) is 20.2. The van der Waals surface area contributed by atoms with E-state index in [2.05, 4.69) is 51.1 Å². The zero-order valence-corrected chi connectivity index (χ0v) is 39.3. The van der Waals surface area contributed by atoms with Crippen molar-refractivity contribution in [2.24, 2.45) is 5.92 Å². The molecule has 0 aromatic heterocycles. The summed E-state index contributed by atoms with van der Waals surface area (Å²) in [6, 6.07) is 34.5. The normalized spacial score (nSPS) is 17.9. The topological polar surface area (TPSA) is 223 Å². The summed E-state index contributed by atoms with van der Waals surface area (Å²) in [5.41, 5.74) is 0.0774. The molecule has 3 unspecified atom stereocenters. The van der Waals surface area contributed by atoms with Crippen LogP contribution in [0.1, 0.15) is 73.9 Å². The summed E-state index contributed by atoms with van der Waals surface area (Å²) in [6.07, 6.45) is 3.79. The number of phenols is 8. The molecular weight excluding hydrogens is 897 g/mol. The first-order valence-electron chi connectivity index (χ1n) is 23.3. The Bertz CT molecular complexity index is 3860. The van der Waals surface area contributed by atoms with Crippen LogP contribution in [0.2, 0.25) is 0 Å². The van der Waals surface area contributed by atoms with Crippen LogP contribution in [0.25, 0.3) is 88.3 Å². The molecule has 0 saturated carbocycles. The number of aromatic hydroxyl groups is 8. The lowest BCUT2D eigenvalue weighted by atomic mass is 9.66. The average Bonchev–Trinajstić information content (AvgIpc) is 3.35. The number of benzene rings is 9. The van der Waals surface area contributed by atoms with Crippen molar-refractivity contribution in [3.05, 3.63) is 154 Å². The lowest BCUT2D eigenvalue weighted by Gasteiger charge is -2.41. The Morgan fingerprint density at radius 3 is 1.68 bits per heavy atom. The molecule has 11 N–H and O–H groups in total. The molecule has 9 aromatic rings. The minimum Gasteiger partial charge on any atom is -0.508 e. The summed E-state index contributed by atoms with van der Waals surface area (Å²) in [5.74, 6) is -10.9. The van der Waals surface area contributed by atoms with Gasteiger partial charge in [-0.25, -0.2) is 0 Å². The predicted molar refractivity (Wildman–Crippen MR) is 278 cm³/mol. The fourth-order valence-electron chi connectivity index (χ4n) is 11.4. The van der Waals surface area contributed by atoms with Crippen LogP contribution in [0.15, 0.2) is 121 Å². The highest BCUT2D eigenvalue weighted by molar-refractivity contribution is 6.23. The highest BCUT2D eigenvalue weighted by atomic mass is 16.4. The van der Waals surface area contributed by atoms with Crippen molar-refractivity contribution >= 4 is 54.9 Å². The minimum absolute atomic E-state index is 0.134. The van der Waals surface area contributed by atoms with E-state index in [-0.39, 0.29) is 39.8 Å². The Morgan fingerprint density at radius 1 is 0.493 bits per heavy atom. The molecule has 0 aliphatic heterocycles. The molecule has 0 fully saturated rings. The Hall–Kier alpha value is -8.54. The number of phenolic OH excluding ortho intramolecular Hbond substituents is 8. The van der Waals surface area contributed by atoms with Gasteiger partial charge in [0.1, 0.15) is 17.1 Å². The van der Waals surface area contributed by atoms with E-state index in [0.717, 1.165) is 38.2 Å². The first-order valence-corrected chi connectivity index (χ1v) is 23.3. The molecule has 3 atom stereocenters. The molecule has 0 heterocycles. The number of hydrogen-bond donors (Lipinski definition) is 11. The van der Waals surface area contributed by atoms with Crippen LogP contribution in [-0.2, 0) is 17.4 Å². The van der Waals surface area contributed by atoms with E-state index in [4.69, 9.17) is 0 Å². The molecule has 11 nitrogen and oxygen atoms in total. The number of rotatable bonds is 4. The molecule has 356 valence electrons. The van der Waals surface area contributed by atoms with Gasteiger partial charge in [0.2, 0.25) is 17.2 Å². The molecule has 11 heteroatoms. The second kappa shape index (κ2) is 15.5. The quantitative estimate of drug-likeness (QED) is 0.0452. The third-order valence-electron chi connectivity index (χ3n) is 14.9. The van der Waals surface area contributed by atoms with Gasteiger partial charge in [0.25, 0.3) is 0 Å². The molecule has 11 rings (SSSR count). The van der Waals surface area contributed by atoms with Crippen molar-refractivity contribution in [3.8, 4) is 79.4 Å². The first-order chi connectivity index (χ1) is 33.7. The monoisotopic (exact) mass is 946 g/mol. The van der Waals surface area contributed by atoms with E-state index in [1.165, 1.54) is 6.92 Å². The maximum absolute atomic E-state index is 13.1. The van der Waals surface area contributed by atoms with Crippen molar-refractivity contribution in [3.63, 3.8) is 0 Å². The highest BCUT2D eigenvalue weighted by Gasteiger charge is 2.51. The maximum Gasteiger partial charge on any atom is 0.208 e. The molecule has 9 aromatic carbocycles. The third kappa shape index (κ3) is 6.32. The number of hydrogen-bond acceptors (Lipinski definition) is 11. The standard InChI is InChI=1S/C60H50O11/c1-27-18-22-36-38(24-27)43(35-17-11-10-16-34(35)42(36)45-51(63)56(68)58(70)57(69)52(45)64)47-54(66)53(65)46-48(60(47,5)71)55(67)50(62)44(49(46)61)41-33-15-9-8-14-32(33)40(30-20-19-28-12-6-7-13-29(28)25-30)39-26-31(59(2,3)4)21-23-37(39)41/h6-23,25-27,47,61-71H,24H2,1-5H3. The Kier molecular flexibility index (Phi) is 9.80. The van der Waals surface area contributed by atoms with Crippen LogP contribution >= 0.6 is 0 Å². The van der Waals surface area contributed by atoms with Crippen LogP contribution in [0.4, 0.5) is 0 Å². The SMILES string of the molecule is CC1C=Cc2c(c(C3C(O)=C(O)c4c(O)c(-c5c6ccccc6c(-c6ccc7ccccc7c6)c6cc(C(C)(C)C)ccc56)c(O)c(O)c4C3(C)O)c3ccccc3c2-c2c(O)c(O)c(O)c(O)c2O)C1. The van der Waals surface area contributed by atoms with E-state index < -0.39 is 85.7 Å². The van der Waals surface area contributed by atoms with Gasteiger partial charge < -0.3 is 56.2 Å². The minimum atomic E-state index is -2.41. The van der Waals surface area contributed by atoms with Gasteiger partial charge in [0, 0.05) is 16.7 Å². The summed E-state index contributed by atoms with van der Waals surface area (Å²) in [5, 5.41) is 136. The lowest BCUT2D eigenvalue weighted by molar-refractivity contribution is 0.0180. The van der Waals surface area contributed by atoms with E-state index in [1.54, 1.807) is 30.3 Å². The van der Waals surface area contributed by atoms with E-state index in [0.29, 0.717) is 32.8 Å². The number of fused-ring (bicyclic) bond motifs is 6. The van der Waals surface area contributed by atoms with Gasteiger partial charge in [-0.1, -0.05) is 137 Å². The summed E-state index contributed by atoms with van der Waals surface area (Å²) >= 11 is 0. The van der Waals surface area contributed by atoms with Gasteiger partial charge in [0.05, 0.1) is 22.6 Å². The average molecular weight is 947 g/mol. The van der Waals surface area contributed by atoms with Gasteiger partial charge >= 0.3 is 0 Å². The number of aliphatic hydroxyl groups is 3. The Labute approximate surface area is 407 Å². The van der Waals surface area contributed by atoms with Crippen molar-refractivity contribution in [1.29, 1.82) is 0 Å². The van der Waals surface area contributed by atoms with Crippen LogP contribution in [0, 0.1) is 5.92 Å². The largest absolute Gasteiger partial charge is 0.508 e. The van der Waals surface area contributed by atoms with Crippen molar-refractivity contribution in [2.45, 2.75) is 58.0 Å². The van der Waals surface area contributed by atoms with Gasteiger partial charge in [-0.15, -0.1) is 0 Å². The van der Waals surface area contributed by atoms with Crippen LogP contribution in [-0.4, -0.2) is 56.2 Å². The highest BCUT2D eigenvalue weighted by Crippen LogP contribution is 2.64. The summed E-state index contributed by atoms with van der Waals surface area (Å²) in [4.78, 5) is 0. The second-order valence-corrected chi connectivity index (χ2v) is 20.2.